The molecular formula is C15H13ClN2O3. The highest BCUT2D eigenvalue weighted by atomic mass is 35.5. The van der Waals surface area contributed by atoms with Gasteiger partial charge in [-0.1, -0.05) is 11.6 Å². The van der Waals surface area contributed by atoms with Crippen LogP contribution in [-0.4, -0.2) is 21.9 Å². The largest absolute Gasteiger partial charge is 0.508 e. The fourth-order valence-electron chi connectivity index (χ4n) is 1.67. The van der Waals surface area contributed by atoms with Gasteiger partial charge in [0.1, 0.15) is 5.75 Å². The number of carboxylic acid groups (broad SMARTS) is 1. The number of nitrogens with zero attached hydrogens (tertiary/aromatic N) is 1. The Morgan fingerprint density at radius 2 is 1.86 bits per heavy atom. The first kappa shape index (κ1) is 14.9. The number of phenolic OH excluding ortho intramolecular Hbond substituents is 1. The monoisotopic (exact) mass is 304 g/mol. The van der Waals surface area contributed by atoms with Gasteiger partial charge in [-0.05, 0) is 55.0 Å². The van der Waals surface area contributed by atoms with E-state index in [-0.39, 0.29) is 16.3 Å². The molecular weight excluding hydrogens is 292 g/mol. The Labute approximate surface area is 126 Å². The van der Waals surface area contributed by atoms with E-state index in [1.54, 1.807) is 37.3 Å². The number of hydrogen-bond acceptors (Lipinski definition) is 4. The minimum absolute atomic E-state index is 0.0131. The molecule has 0 aromatic heterocycles. The number of rotatable bonds is 4. The Kier molecular flexibility index (Phi) is 4.45. The molecule has 3 N–H and O–H groups in total. The van der Waals surface area contributed by atoms with Crippen molar-refractivity contribution >= 4 is 29.0 Å². The molecule has 0 spiro atoms. The number of aromatic carboxylic acids is 1. The summed E-state index contributed by atoms with van der Waals surface area (Å²) in [4.78, 5) is 11.0. The van der Waals surface area contributed by atoms with Gasteiger partial charge >= 0.3 is 5.97 Å². The molecule has 0 heterocycles. The van der Waals surface area contributed by atoms with Crippen molar-refractivity contribution in [3.63, 3.8) is 0 Å². The number of aromatic hydroxyl groups is 1. The maximum atomic E-state index is 11.0. The Balaban J connectivity index is 2.18. The van der Waals surface area contributed by atoms with E-state index in [2.05, 4.69) is 10.5 Å². The highest BCUT2D eigenvalue weighted by Crippen LogP contribution is 2.20. The van der Waals surface area contributed by atoms with Gasteiger partial charge in [0.2, 0.25) is 0 Å². The number of halogens is 1. The van der Waals surface area contributed by atoms with Crippen LogP contribution < -0.4 is 5.43 Å². The predicted octanol–water partition coefficient (Wildman–Crippen LogP) is 3.58. The van der Waals surface area contributed by atoms with Crippen molar-refractivity contribution in [2.24, 2.45) is 5.10 Å². The van der Waals surface area contributed by atoms with E-state index >= 15 is 0 Å². The topological polar surface area (TPSA) is 81.9 Å². The van der Waals surface area contributed by atoms with E-state index in [1.807, 2.05) is 0 Å². The Hall–Kier alpha value is -2.53. The third-order valence-corrected chi connectivity index (χ3v) is 3.16. The summed E-state index contributed by atoms with van der Waals surface area (Å²) in [5, 5.41) is 22.6. The van der Waals surface area contributed by atoms with Crippen molar-refractivity contribution in [2.45, 2.75) is 6.92 Å². The highest BCUT2D eigenvalue weighted by Gasteiger charge is 2.09. The summed E-state index contributed by atoms with van der Waals surface area (Å²) in [5.74, 6) is -0.911. The second-order valence-corrected chi connectivity index (χ2v) is 4.76. The molecule has 21 heavy (non-hydrogen) atoms. The summed E-state index contributed by atoms with van der Waals surface area (Å²) < 4.78 is 0. The van der Waals surface area contributed by atoms with E-state index < -0.39 is 5.97 Å². The Bertz CT molecular complexity index is 697. The zero-order valence-electron chi connectivity index (χ0n) is 11.2. The molecule has 0 fully saturated rings. The number of hydrogen-bond donors (Lipinski definition) is 3. The van der Waals surface area contributed by atoms with E-state index in [4.69, 9.17) is 16.7 Å². The van der Waals surface area contributed by atoms with Gasteiger partial charge in [0.15, 0.2) is 0 Å². The standard InChI is InChI=1S/C15H13ClN2O3/c1-9(10-2-5-12(19)6-3-10)17-18-11-4-7-14(16)13(8-11)15(20)21/h2-8,18-19H,1H3,(H,20,21). The van der Waals surface area contributed by atoms with Crippen molar-refractivity contribution in [2.75, 3.05) is 5.43 Å². The third-order valence-electron chi connectivity index (χ3n) is 2.83. The average molecular weight is 305 g/mol. The molecule has 0 radical (unpaired) electrons. The molecule has 6 heteroatoms. The Morgan fingerprint density at radius 1 is 1.19 bits per heavy atom. The molecule has 0 unspecified atom stereocenters. The van der Waals surface area contributed by atoms with Crippen LogP contribution in [0.5, 0.6) is 5.75 Å². The maximum Gasteiger partial charge on any atom is 0.337 e. The van der Waals surface area contributed by atoms with E-state index in [1.165, 1.54) is 12.1 Å². The summed E-state index contributed by atoms with van der Waals surface area (Å²) in [6.07, 6.45) is 0. The Morgan fingerprint density at radius 3 is 2.48 bits per heavy atom. The molecule has 0 aliphatic carbocycles. The molecule has 0 atom stereocenters. The second-order valence-electron chi connectivity index (χ2n) is 4.36. The van der Waals surface area contributed by atoms with Crippen molar-refractivity contribution < 1.29 is 15.0 Å². The first-order valence-corrected chi connectivity index (χ1v) is 6.47. The highest BCUT2D eigenvalue weighted by molar-refractivity contribution is 6.33. The third kappa shape index (κ3) is 3.73. The summed E-state index contributed by atoms with van der Waals surface area (Å²) in [7, 11) is 0. The summed E-state index contributed by atoms with van der Waals surface area (Å²) >= 11 is 5.80. The van der Waals surface area contributed by atoms with Crippen LogP contribution in [0.25, 0.3) is 0 Å². The van der Waals surface area contributed by atoms with Crippen LogP contribution in [0.15, 0.2) is 47.6 Å². The van der Waals surface area contributed by atoms with Gasteiger partial charge < -0.3 is 10.2 Å². The van der Waals surface area contributed by atoms with Crippen molar-refractivity contribution in [1.29, 1.82) is 0 Å². The van der Waals surface area contributed by atoms with Crippen molar-refractivity contribution in [3.8, 4) is 5.75 Å². The molecule has 0 aliphatic heterocycles. The molecule has 0 saturated heterocycles. The fourth-order valence-corrected chi connectivity index (χ4v) is 1.87. The number of anilines is 1. The lowest BCUT2D eigenvalue weighted by Gasteiger charge is -2.06. The number of nitrogens with one attached hydrogen (secondary N) is 1. The van der Waals surface area contributed by atoms with Gasteiger partial charge in [0, 0.05) is 0 Å². The molecule has 2 rings (SSSR count). The quantitative estimate of drug-likeness (QED) is 0.595. The van der Waals surface area contributed by atoms with E-state index in [9.17, 15) is 9.90 Å². The van der Waals surface area contributed by atoms with Gasteiger partial charge in [0.05, 0.1) is 22.0 Å². The summed E-state index contributed by atoms with van der Waals surface area (Å²) in [6, 6.07) is 11.2. The summed E-state index contributed by atoms with van der Waals surface area (Å²) in [6.45, 7) is 1.80. The smallest absolute Gasteiger partial charge is 0.337 e. The van der Waals surface area contributed by atoms with E-state index in [0.717, 1.165) is 5.56 Å². The van der Waals surface area contributed by atoms with Gasteiger partial charge in [0.25, 0.3) is 0 Å². The average Bonchev–Trinajstić information content (AvgIpc) is 2.46. The number of hydrazone groups is 1. The van der Waals surface area contributed by atoms with Gasteiger partial charge in [-0.3, -0.25) is 5.43 Å². The molecule has 108 valence electrons. The van der Waals surface area contributed by atoms with Crippen LogP contribution in [0.4, 0.5) is 5.69 Å². The molecule has 0 amide bonds. The lowest BCUT2D eigenvalue weighted by atomic mass is 10.1. The first-order valence-electron chi connectivity index (χ1n) is 6.10. The molecule has 0 saturated carbocycles. The number of carboxylic acids is 1. The fraction of sp³-hybridized carbons (Fsp3) is 0.0667. The second kappa shape index (κ2) is 6.28. The van der Waals surface area contributed by atoms with Crippen LogP contribution in [-0.2, 0) is 0 Å². The van der Waals surface area contributed by atoms with Crippen LogP contribution in [0.2, 0.25) is 5.02 Å². The first-order chi connectivity index (χ1) is 9.97. The number of phenols is 1. The number of benzene rings is 2. The lowest BCUT2D eigenvalue weighted by Crippen LogP contribution is -2.02. The maximum absolute atomic E-state index is 11.0. The number of carbonyl (C=O) groups is 1. The van der Waals surface area contributed by atoms with Gasteiger partial charge in [-0.15, -0.1) is 0 Å². The van der Waals surface area contributed by atoms with Crippen LogP contribution in [0, 0.1) is 0 Å². The lowest BCUT2D eigenvalue weighted by molar-refractivity contribution is 0.0697. The summed E-state index contributed by atoms with van der Waals surface area (Å²) in [5.41, 5.74) is 4.86. The van der Waals surface area contributed by atoms with Crippen LogP contribution >= 0.6 is 11.6 Å². The zero-order valence-corrected chi connectivity index (χ0v) is 11.9. The van der Waals surface area contributed by atoms with Crippen molar-refractivity contribution in [3.05, 3.63) is 58.6 Å². The van der Waals surface area contributed by atoms with Crippen LogP contribution in [0.1, 0.15) is 22.8 Å². The molecule has 0 bridgehead atoms. The normalized spacial score (nSPS) is 11.2. The predicted molar refractivity (Wildman–Crippen MR) is 82.4 cm³/mol. The van der Waals surface area contributed by atoms with E-state index in [0.29, 0.717) is 11.4 Å². The zero-order chi connectivity index (χ0) is 15.4. The molecule has 0 aliphatic rings. The van der Waals surface area contributed by atoms with Gasteiger partial charge in [-0.25, -0.2) is 4.79 Å². The SMILES string of the molecule is CC(=NNc1ccc(Cl)c(C(=O)O)c1)c1ccc(O)cc1. The molecule has 5 nitrogen and oxygen atoms in total. The minimum atomic E-state index is -1.09. The minimum Gasteiger partial charge on any atom is -0.508 e. The molecule has 2 aromatic carbocycles. The van der Waals surface area contributed by atoms with Gasteiger partial charge in [-0.2, -0.15) is 5.10 Å². The van der Waals surface area contributed by atoms with Crippen LogP contribution in [0.3, 0.4) is 0 Å². The van der Waals surface area contributed by atoms with Crippen molar-refractivity contribution in [1.82, 2.24) is 0 Å². The molecule has 2 aromatic rings.